The van der Waals surface area contributed by atoms with Crippen LogP contribution in [0, 0.1) is 5.92 Å². The van der Waals surface area contributed by atoms with Gasteiger partial charge in [-0.3, -0.25) is 4.79 Å². The molecule has 1 saturated carbocycles. The molecule has 2 aliphatic rings. The molecule has 2 unspecified atom stereocenters. The number of rotatable bonds is 4. The molecule has 130 valence electrons. The summed E-state index contributed by atoms with van der Waals surface area (Å²) in [5.74, 6) is 2.77. The molecular weight excluding hydrogens is 300 g/mol. The normalized spacial score (nSPS) is 28.4. The van der Waals surface area contributed by atoms with Crippen LogP contribution in [-0.4, -0.2) is 18.5 Å². The summed E-state index contributed by atoms with van der Waals surface area (Å²) in [4.78, 5) is 12.1. The fourth-order valence-electron chi connectivity index (χ4n) is 4.31. The molecule has 1 heterocycles. The molecule has 0 bridgehead atoms. The maximum absolute atomic E-state index is 12.1. The van der Waals surface area contributed by atoms with E-state index < -0.39 is 0 Å². The van der Waals surface area contributed by atoms with Crippen molar-refractivity contribution < 1.29 is 14.3 Å². The smallest absolute Gasteiger partial charge is 0.133 e. The Balaban J connectivity index is 1.95. The SMILES string of the molecule is COc1ccc2c(c1)C1CC(=O)CCC1[C@@](C)(CCC=C(C)C)O2. The molecule has 1 aliphatic carbocycles. The maximum atomic E-state index is 12.1. The Bertz CT molecular complexity index is 657. The van der Waals surface area contributed by atoms with Gasteiger partial charge in [0.15, 0.2) is 0 Å². The summed E-state index contributed by atoms with van der Waals surface area (Å²) in [6.45, 7) is 6.49. The van der Waals surface area contributed by atoms with Gasteiger partial charge >= 0.3 is 0 Å². The van der Waals surface area contributed by atoms with Crippen molar-refractivity contribution in [2.45, 2.75) is 64.4 Å². The number of carbonyl (C=O) groups excluding carboxylic acids is 1. The molecule has 1 aliphatic heterocycles. The molecule has 1 aromatic rings. The Hall–Kier alpha value is -1.77. The predicted molar refractivity (Wildman–Crippen MR) is 95.8 cm³/mol. The van der Waals surface area contributed by atoms with Gasteiger partial charge in [-0.2, -0.15) is 0 Å². The van der Waals surface area contributed by atoms with Crippen molar-refractivity contribution >= 4 is 5.78 Å². The van der Waals surface area contributed by atoms with Gasteiger partial charge in [0.2, 0.25) is 0 Å². The summed E-state index contributed by atoms with van der Waals surface area (Å²) >= 11 is 0. The van der Waals surface area contributed by atoms with E-state index in [2.05, 4.69) is 32.9 Å². The van der Waals surface area contributed by atoms with Gasteiger partial charge in [-0.15, -0.1) is 0 Å². The van der Waals surface area contributed by atoms with Gasteiger partial charge in [0.25, 0.3) is 0 Å². The van der Waals surface area contributed by atoms with Crippen LogP contribution in [-0.2, 0) is 4.79 Å². The molecule has 3 nitrogen and oxygen atoms in total. The average Bonchev–Trinajstić information content (AvgIpc) is 2.54. The van der Waals surface area contributed by atoms with E-state index in [4.69, 9.17) is 9.47 Å². The van der Waals surface area contributed by atoms with Gasteiger partial charge in [-0.1, -0.05) is 11.6 Å². The Morgan fingerprint density at radius 2 is 2.21 bits per heavy atom. The predicted octanol–water partition coefficient (Wildman–Crippen LogP) is 5.05. The molecule has 1 fully saturated rings. The van der Waals surface area contributed by atoms with E-state index in [0.717, 1.165) is 36.3 Å². The molecule has 3 atom stereocenters. The lowest BCUT2D eigenvalue weighted by atomic mass is 9.65. The number of methoxy groups -OCH3 is 1. The Morgan fingerprint density at radius 3 is 2.92 bits per heavy atom. The summed E-state index contributed by atoms with van der Waals surface area (Å²) < 4.78 is 11.9. The molecule has 0 spiro atoms. The van der Waals surface area contributed by atoms with E-state index >= 15 is 0 Å². The third kappa shape index (κ3) is 3.22. The molecule has 0 amide bonds. The minimum absolute atomic E-state index is 0.209. The summed E-state index contributed by atoms with van der Waals surface area (Å²) in [6, 6.07) is 6.00. The number of ketones is 1. The van der Waals surface area contributed by atoms with Gasteiger partial charge in [0.1, 0.15) is 22.9 Å². The molecule has 0 aromatic heterocycles. The van der Waals surface area contributed by atoms with Crippen molar-refractivity contribution in [3.8, 4) is 11.5 Å². The van der Waals surface area contributed by atoms with E-state index in [-0.39, 0.29) is 11.5 Å². The van der Waals surface area contributed by atoms with Crippen molar-refractivity contribution in [1.82, 2.24) is 0 Å². The zero-order chi connectivity index (χ0) is 17.3. The number of hydrogen-bond donors (Lipinski definition) is 0. The highest BCUT2D eigenvalue weighted by molar-refractivity contribution is 5.80. The first kappa shape index (κ1) is 17.1. The van der Waals surface area contributed by atoms with Gasteiger partial charge in [-0.05, 0) is 58.2 Å². The molecule has 0 radical (unpaired) electrons. The quantitative estimate of drug-likeness (QED) is 0.726. The van der Waals surface area contributed by atoms with Crippen molar-refractivity contribution in [3.63, 3.8) is 0 Å². The van der Waals surface area contributed by atoms with Gasteiger partial charge in [-0.25, -0.2) is 0 Å². The van der Waals surface area contributed by atoms with E-state index in [9.17, 15) is 4.79 Å². The third-order valence-corrected chi connectivity index (χ3v) is 5.60. The van der Waals surface area contributed by atoms with Gasteiger partial charge in [0, 0.05) is 30.2 Å². The van der Waals surface area contributed by atoms with E-state index in [1.807, 2.05) is 12.1 Å². The van der Waals surface area contributed by atoms with Crippen LogP contribution in [0.1, 0.15) is 64.4 Å². The number of Topliss-reactive ketones (excluding diaryl/α,β-unsaturated/α-hetero) is 1. The zero-order valence-electron chi connectivity index (χ0n) is 15.2. The van der Waals surface area contributed by atoms with Crippen LogP contribution in [0.3, 0.4) is 0 Å². The Labute approximate surface area is 145 Å². The molecule has 3 rings (SSSR count). The van der Waals surface area contributed by atoms with E-state index in [1.165, 1.54) is 5.57 Å². The highest BCUT2D eigenvalue weighted by Crippen LogP contribution is 2.52. The molecule has 24 heavy (non-hydrogen) atoms. The average molecular weight is 328 g/mol. The largest absolute Gasteiger partial charge is 0.497 e. The van der Waals surface area contributed by atoms with Crippen molar-refractivity contribution in [2.75, 3.05) is 7.11 Å². The van der Waals surface area contributed by atoms with Crippen molar-refractivity contribution in [1.29, 1.82) is 0 Å². The second kappa shape index (κ2) is 6.62. The summed E-state index contributed by atoms with van der Waals surface area (Å²) in [5, 5.41) is 0. The highest BCUT2D eigenvalue weighted by atomic mass is 16.5. The van der Waals surface area contributed by atoms with Gasteiger partial charge in [0.05, 0.1) is 7.11 Å². The zero-order valence-corrected chi connectivity index (χ0v) is 15.2. The van der Waals surface area contributed by atoms with E-state index in [1.54, 1.807) is 7.11 Å². The lowest BCUT2D eigenvalue weighted by Crippen LogP contribution is -2.49. The van der Waals surface area contributed by atoms with Crippen LogP contribution < -0.4 is 9.47 Å². The lowest BCUT2D eigenvalue weighted by molar-refractivity contribution is -0.124. The number of benzene rings is 1. The first-order valence-electron chi connectivity index (χ1n) is 8.95. The third-order valence-electron chi connectivity index (χ3n) is 5.60. The van der Waals surface area contributed by atoms with Crippen molar-refractivity contribution in [3.05, 3.63) is 35.4 Å². The monoisotopic (exact) mass is 328 g/mol. The van der Waals surface area contributed by atoms with Gasteiger partial charge < -0.3 is 9.47 Å². The standard InChI is InChI=1S/C21H28O3/c1-14(2)6-5-11-21(3)19-9-7-15(22)12-17(19)18-13-16(23-4)8-10-20(18)24-21/h6,8,10,13,17,19H,5,7,9,11-12H2,1-4H3/t17?,19?,21-/m1/s1. The lowest BCUT2D eigenvalue weighted by Gasteiger charge is -2.49. The number of fused-ring (bicyclic) bond motifs is 3. The topological polar surface area (TPSA) is 35.5 Å². The Morgan fingerprint density at radius 1 is 1.42 bits per heavy atom. The minimum Gasteiger partial charge on any atom is -0.497 e. The van der Waals surface area contributed by atoms with Crippen LogP contribution in [0.4, 0.5) is 0 Å². The highest BCUT2D eigenvalue weighted by Gasteiger charge is 2.48. The summed E-state index contributed by atoms with van der Waals surface area (Å²) in [5.41, 5.74) is 2.28. The van der Waals surface area contributed by atoms with Crippen LogP contribution in [0.5, 0.6) is 11.5 Å². The number of hydrogen-bond acceptors (Lipinski definition) is 3. The molecular formula is C21H28O3. The first-order valence-corrected chi connectivity index (χ1v) is 8.95. The number of carbonyl (C=O) groups is 1. The molecule has 3 heteroatoms. The number of ether oxygens (including phenoxy) is 2. The first-order chi connectivity index (χ1) is 11.4. The molecule has 0 N–H and O–H groups in total. The van der Waals surface area contributed by atoms with Crippen LogP contribution in [0.25, 0.3) is 0 Å². The fraction of sp³-hybridized carbons (Fsp3) is 0.571. The van der Waals surface area contributed by atoms with Crippen LogP contribution >= 0.6 is 0 Å². The Kier molecular flexibility index (Phi) is 4.71. The maximum Gasteiger partial charge on any atom is 0.133 e. The fourth-order valence-corrected chi connectivity index (χ4v) is 4.31. The van der Waals surface area contributed by atoms with E-state index in [0.29, 0.717) is 24.5 Å². The summed E-state index contributed by atoms with van der Waals surface area (Å²) in [7, 11) is 1.68. The van der Waals surface area contributed by atoms with Crippen molar-refractivity contribution in [2.24, 2.45) is 5.92 Å². The summed E-state index contributed by atoms with van der Waals surface area (Å²) in [6.07, 6.45) is 6.52. The molecule has 0 saturated heterocycles. The molecule has 1 aromatic carbocycles. The van der Waals surface area contributed by atoms with Crippen LogP contribution in [0.2, 0.25) is 0 Å². The second-order valence-corrected chi connectivity index (χ2v) is 7.63. The van der Waals surface area contributed by atoms with Crippen LogP contribution in [0.15, 0.2) is 29.8 Å². The number of allylic oxidation sites excluding steroid dienone is 2. The second-order valence-electron chi connectivity index (χ2n) is 7.63. The minimum atomic E-state index is -0.209.